The predicted molar refractivity (Wildman–Crippen MR) is 74.3 cm³/mol. The molecule has 0 aliphatic rings. The quantitative estimate of drug-likeness (QED) is 0.896. The molecule has 5 heteroatoms. The Morgan fingerprint density at radius 1 is 1.53 bits per heavy atom. The van der Waals surface area contributed by atoms with Crippen LogP contribution in [0.15, 0.2) is 22.7 Å². The third-order valence-electron chi connectivity index (χ3n) is 2.54. The summed E-state index contributed by atoms with van der Waals surface area (Å²) in [6.07, 6.45) is 0. The molecule has 1 aromatic rings. The van der Waals surface area contributed by atoms with Crippen LogP contribution in [0.25, 0.3) is 0 Å². The average molecular weight is 320 g/mol. The number of halogens is 2. The van der Waals surface area contributed by atoms with Gasteiger partial charge in [0.05, 0.1) is 5.02 Å². The molecular weight excluding hydrogens is 304 g/mol. The molecule has 0 aliphatic heterocycles. The van der Waals surface area contributed by atoms with Gasteiger partial charge in [0.15, 0.2) is 0 Å². The minimum absolute atomic E-state index is 0.0327. The number of nitrogens with one attached hydrogen (secondary N) is 1. The summed E-state index contributed by atoms with van der Waals surface area (Å²) in [5.41, 5.74) is 6.42. The third kappa shape index (κ3) is 4.30. The second-order valence-corrected chi connectivity index (χ2v) is 5.51. The molecule has 0 spiro atoms. The molecule has 94 valence electrons. The van der Waals surface area contributed by atoms with Crippen molar-refractivity contribution < 1.29 is 4.79 Å². The SMILES string of the molecule is CC(C)C(N)CNC(=O)c1ccc(Cl)c(Br)c1. The summed E-state index contributed by atoms with van der Waals surface area (Å²) < 4.78 is 0.708. The van der Waals surface area contributed by atoms with Crippen molar-refractivity contribution in [3.05, 3.63) is 33.3 Å². The van der Waals surface area contributed by atoms with E-state index in [-0.39, 0.29) is 11.9 Å². The number of nitrogens with two attached hydrogens (primary N) is 1. The molecule has 1 amide bonds. The van der Waals surface area contributed by atoms with Crippen molar-refractivity contribution in [3.63, 3.8) is 0 Å². The molecule has 17 heavy (non-hydrogen) atoms. The van der Waals surface area contributed by atoms with Crippen LogP contribution >= 0.6 is 27.5 Å². The Labute approximate surface area is 115 Å². The molecular formula is C12H16BrClN2O. The summed E-state index contributed by atoms with van der Waals surface area (Å²) in [5, 5.41) is 3.38. The van der Waals surface area contributed by atoms with Crippen molar-refractivity contribution in [2.45, 2.75) is 19.9 Å². The van der Waals surface area contributed by atoms with Gasteiger partial charge in [0.2, 0.25) is 0 Å². The van der Waals surface area contributed by atoms with Crippen molar-refractivity contribution in [2.75, 3.05) is 6.54 Å². The van der Waals surface area contributed by atoms with Gasteiger partial charge in [0, 0.05) is 22.6 Å². The minimum atomic E-state index is -0.140. The summed E-state index contributed by atoms with van der Waals surface area (Å²) in [6, 6.07) is 5.03. The zero-order valence-electron chi connectivity index (χ0n) is 9.84. The van der Waals surface area contributed by atoms with Gasteiger partial charge in [-0.1, -0.05) is 25.4 Å². The highest BCUT2D eigenvalue weighted by Gasteiger charge is 2.11. The molecule has 3 nitrogen and oxygen atoms in total. The number of hydrogen-bond donors (Lipinski definition) is 2. The van der Waals surface area contributed by atoms with Gasteiger partial charge in [-0.25, -0.2) is 0 Å². The molecule has 1 aromatic carbocycles. The molecule has 0 aromatic heterocycles. The molecule has 0 saturated carbocycles. The van der Waals surface area contributed by atoms with Crippen LogP contribution in [0.2, 0.25) is 5.02 Å². The molecule has 0 bridgehead atoms. The number of carbonyl (C=O) groups excluding carboxylic acids is 1. The minimum Gasteiger partial charge on any atom is -0.350 e. The Balaban J connectivity index is 2.61. The predicted octanol–water partition coefficient (Wildman–Crippen LogP) is 2.82. The van der Waals surface area contributed by atoms with E-state index in [1.54, 1.807) is 18.2 Å². The fourth-order valence-electron chi connectivity index (χ4n) is 1.19. The van der Waals surface area contributed by atoms with E-state index in [4.69, 9.17) is 17.3 Å². The summed E-state index contributed by atoms with van der Waals surface area (Å²) in [7, 11) is 0. The van der Waals surface area contributed by atoms with Crippen molar-refractivity contribution >= 4 is 33.4 Å². The maximum Gasteiger partial charge on any atom is 0.251 e. The lowest BCUT2D eigenvalue weighted by Gasteiger charge is -2.16. The van der Waals surface area contributed by atoms with Crippen molar-refractivity contribution in [2.24, 2.45) is 11.7 Å². The Bertz CT molecular complexity index is 409. The van der Waals surface area contributed by atoms with Gasteiger partial charge in [-0.05, 0) is 40.0 Å². The number of carbonyl (C=O) groups is 1. The van der Waals surface area contributed by atoms with Crippen LogP contribution in [-0.2, 0) is 0 Å². The summed E-state index contributed by atoms with van der Waals surface area (Å²) in [6.45, 7) is 4.52. The zero-order chi connectivity index (χ0) is 13.0. The lowest BCUT2D eigenvalue weighted by molar-refractivity contribution is 0.0949. The molecule has 0 heterocycles. The molecule has 1 atom stereocenters. The first-order valence-corrected chi connectivity index (χ1v) is 6.57. The lowest BCUT2D eigenvalue weighted by atomic mass is 10.1. The first-order valence-electron chi connectivity index (χ1n) is 5.40. The lowest BCUT2D eigenvalue weighted by Crippen LogP contribution is -2.40. The Morgan fingerprint density at radius 3 is 2.71 bits per heavy atom. The van der Waals surface area contributed by atoms with E-state index >= 15 is 0 Å². The number of hydrogen-bond acceptors (Lipinski definition) is 2. The summed E-state index contributed by atoms with van der Waals surface area (Å²) in [5.74, 6) is 0.200. The highest BCUT2D eigenvalue weighted by atomic mass is 79.9. The first kappa shape index (κ1) is 14.5. The maximum atomic E-state index is 11.8. The second-order valence-electron chi connectivity index (χ2n) is 4.25. The summed E-state index contributed by atoms with van der Waals surface area (Å²) in [4.78, 5) is 11.8. The molecule has 1 rings (SSSR count). The first-order chi connectivity index (χ1) is 7.91. The van der Waals surface area contributed by atoms with Crippen molar-refractivity contribution in [3.8, 4) is 0 Å². The molecule has 1 unspecified atom stereocenters. The standard InChI is InChI=1S/C12H16BrClN2O/c1-7(2)11(15)6-16-12(17)8-3-4-10(14)9(13)5-8/h3-5,7,11H,6,15H2,1-2H3,(H,16,17). The average Bonchev–Trinajstić information content (AvgIpc) is 2.28. The van der Waals surface area contributed by atoms with Crippen LogP contribution in [-0.4, -0.2) is 18.5 Å². The molecule has 0 fully saturated rings. The fourth-order valence-corrected chi connectivity index (χ4v) is 1.68. The topological polar surface area (TPSA) is 55.1 Å². The van der Waals surface area contributed by atoms with E-state index in [9.17, 15) is 4.79 Å². The second kappa shape index (κ2) is 6.38. The smallest absolute Gasteiger partial charge is 0.251 e. The number of rotatable bonds is 4. The van der Waals surface area contributed by atoms with Crippen LogP contribution in [0.3, 0.4) is 0 Å². The van der Waals surface area contributed by atoms with E-state index in [2.05, 4.69) is 21.2 Å². The molecule has 0 radical (unpaired) electrons. The Kier molecular flexibility index (Phi) is 5.43. The normalized spacial score (nSPS) is 12.6. The Morgan fingerprint density at radius 2 is 2.18 bits per heavy atom. The van der Waals surface area contributed by atoms with Crippen LogP contribution in [0.1, 0.15) is 24.2 Å². The zero-order valence-corrected chi connectivity index (χ0v) is 12.2. The van der Waals surface area contributed by atoms with E-state index in [0.29, 0.717) is 27.5 Å². The number of benzene rings is 1. The van der Waals surface area contributed by atoms with Crippen LogP contribution < -0.4 is 11.1 Å². The summed E-state index contributed by atoms with van der Waals surface area (Å²) >= 11 is 9.14. The largest absolute Gasteiger partial charge is 0.350 e. The van der Waals surface area contributed by atoms with E-state index in [1.165, 1.54) is 0 Å². The van der Waals surface area contributed by atoms with E-state index in [1.807, 2.05) is 13.8 Å². The van der Waals surface area contributed by atoms with Gasteiger partial charge >= 0.3 is 0 Å². The Hall–Kier alpha value is -0.580. The van der Waals surface area contributed by atoms with Gasteiger partial charge in [-0.3, -0.25) is 4.79 Å². The van der Waals surface area contributed by atoms with E-state index in [0.717, 1.165) is 0 Å². The number of amides is 1. The third-order valence-corrected chi connectivity index (χ3v) is 3.75. The van der Waals surface area contributed by atoms with Gasteiger partial charge in [-0.15, -0.1) is 0 Å². The monoisotopic (exact) mass is 318 g/mol. The van der Waals surface area contributed by atoms with Gasteiger partial charge in [0.1, 0.15) is 0 Å². The fraction of sp³-hybridized carbons (Fsp3) is 0.417. The van der Waals surface area contributed by atoms with Gasteiger partial charge in [0.25, 0.3) is 5.91 Å². The van der Waals surface area contributed by atoms with Gasteiger partial charge < -0.3 is 11.1 Å². The van der Waals surface area contributed by atoms with Crippen molar-refractivity contribution in [1.29, 1.82) is 0 Å². The van der Waals surface area contributed by atoms with Crippen LogP contribution in [0.5, 0.6) is 0 Å². The maximum absolute atomic E-state index is 11.8. The molecule has 0 aliphatic carbocycles. The highest BCUT2D eigenvalue weighted by Crippen LogP contribution is 2.23. The van der Waals surface area contributed by atoms with Crippen molar-refractivity contribution in [1.82, 2.24) is 5.32 Å². The van der Waals surface area contributed by atoms with E-state index < -0.39 is 0 Å². The van der Waals surface area contributed by atoms with Crippen LogP contribution in [0.4, 0.5) is 0 Å². The van der Waals surface area contributed by atoms with Crippen LogP contribution in [0, 0.1) is 5.92 Å². The molecule has 3 N–H and O–H groups in total. The van der Waals surface area contributed by atoms with Gasteiger partial charge in [-0.2, -0.15) is 0 Å². The molecule has 0 saturated heterocycles. The highest BCUT2D eigenvalue weighted by molar-refractivity contribution is 9.10.